The lowest BCUT2D eigenvalue weighted by Crippen LogP contribution is -2.47. The van der Waals surface area contributed by atoms with E-state index in [4.69, 9.17) is 5.73 Å². The first-order valence-electron chi connectivity index (χ1n) is 6.37. The van der Waals surface area contributed by atoms with Crippen molar-refractivity contribution in [3.05, 3.63) is 58.8 Å². The average Bonchev–Trinajstić information content (AvgIpc) is 2.78. The first-order chi connectivity index (χ1) is 9.61. The minimum atomic E-state index is -0.277. The molecule has 0 saturated heterocycles. The Morgan fingerprint density at radius 3 is 2.45 bits per heavy atom. The van der Waals surface area contributed by atoms with E-state index in [1.54, 1.807) is 12.4 Å². The van der Waals surface area contributed by atoms with Gasteiger partial charge in [0.1, 0.15) is 0 Å². The second-order valence-electron chi connectivity index (χ2n) is 5.00. The number of hydrogen-bond donors (Lipinski definition) is 1. The molecule has 1 aliphatic heterocycles. The number of pyridine rings is 1. The van der Waals surface area contributed by atoms with Crippen LogP contribution in [0.15, 0.2) is 58.3 Å². The summed E-state index contributed by atoms with van der Waals surface area (Å²) in [5, 5.41) is 0. The van der Waals surface area contributed by atoms with Crippen LogP contribution in [0.25, 0.3) is 0 Å². The van der Waals surface area contributed by atoms with Gasteiger partial charge in [-0.05, 0) is 48.9 Å². The van der Waals surface area contributed by atoms with Crippen molar-refractivity contribution < 1.29 is 0 Å². The Morgan fingerprint density at radius 2 is 1.80 bits per heavy atom. The number of anilines is 1. The van der Waals surface area contributed by atoms with Crippen LogP contribution < -0.4 is 10.6 Å². The molecule has 1 aromatic heterocycles. The third-order valence-electron chi connectivity index (χ3n) is 3.66. The van der Waals surface area contributed by atoms with E-state index in [9.17, 15) is 0 Å². The molecule has 3 rings (SSSR count). The summed E-state index contributed by atoms with van der Waals surface area (Å²) in [7, 11) is 0. The Labute approximate surface area is 126 Å². The van der Waals surface area contributed by atoms with Gasteiger partial charge in [0.2, 0.25) is 0 Å². The number of nitrogens with two attached hydrogens (primary N) is 1. The Bertz CT molecular complexity index is 639. The molecule has 1 aliphatic rings. The van der Waals surface area contributed by atoms with Crippen LogP contribution in [0.2, 0.25) is 0 Å². The van der Waals surface area contributed by atoms with Crippen molar-refractivity contribution in [1.82, 2.24) is 4.98 Å². The summed E-state index contributed by atoms with van der Waals surface area (Å²) in [5.41, 5.74) is 8.02. The van der Waals surface area contributed by atoms with E-state index < -0.39 is 0 Å². The van der Waals surface area contributed by atoms with Gasteiger partial charge < -0.3 is 10.6 Å². The second-order valence-corrected chi connectivity index (χ2v) is 5.91. The third kappa shape index (κ3) is 2.08. The second kappa shape index (κ2) is 4.90. The number of guanidine groups is 1. The Morgan fingerprint density at radius 1 is 1.15 bits per heavy atom. The lowest BCUT2D eigenvalue weighted by atomic mass is 9.91. The molecule has 1 unspecified atom stereocenters. The average molecular weight is 331 g/mol. The minimum absolute atomic E-state index is 0.277. The maximum atomic E-state index is 6.11. The molecule has 0 aliphatic carbocycles. The summed E-state index contributed by atoms with van der Waals surface area (Å²) < 4.78 is 1.04. The fourth-order valence-corrected chi connectivity index (χ4v) is 2.83. The summed E-state index contributed by atoms with van der Waals surface area (Å²) in [6, 6.07) is 12.1. The highest BCUT2D eigenvalue weighted by molar-refractivity contribution is 9.10. The van der Waals surface area contributed by atoms with Gasteiger partial charge in [0.25, 0.3) is 0 Å². The fraction of sp³-hybridized carbons (Fsp3) is 0.200. The number of benzene rings is 1. The van der Waals surface area contributed by atoms with Crippen LogP contribution in [0.1, 0.15) is 12.5 Å². The van der Waals surface area contributed by atoms with Gasteiger partial charge in [0.15, 0.2) is 5.96 Å². The Hall–Kier alpha value is -1.88. The van der Waals surface area contributed by atoms with E-state index in [1.807, 2.05) is 36.4 Å². The predicted octanol–water partition coefficient (Wildman–Crippen LogP) is 2.89. The van der Waals surface area contributed by atoms with E-state index in [1.165, 1.54) is 0 Å². The topological polar surface area (TPSA) is 54.5 Å². The molecule has 4 nitrogen and oxygen atoms in total. The summed E-state index contributed by atoms with van der Waals surface area (Å²) in [6.45, 7) is 2.78. The van der Waals surface area contributed by atoms with Gasteiger partial charge in [-0.2, -0.15) is 0 Å². The van der Waals surface area contributed by atoms with Gasteiger partial charge in [-0.15, -0.1) is 0 Å². The SMILES string of the molecule is CC1(c2ccncc2)CN=C(N)N1c1ccc(Br)cc1. The van der Waals surface area contributed by atoms with Crippen LogP contribution in [0.4, 0.5) is 5.69 Å². The molecule has 102 valence electrons. The zero-order valence-corrected chi connectivity index (χ0v) is 12.7. The van der Waals surface area contributed by atoms with E-state index in [2.05, 4.69) is 37.7 Å². The van der Waals surface area contributed by atoms with Crippen molar-refractivity contribution >= 4 is 27.6 Å². The van der Waals surface area contributed by atoms with Crippen LogP contribution in [0, 0.1) is 0 Å². The van der Waals surface area contributed by atoms with Crippen molar-refractivity contribution in [1.29, 1.82) is 0 Å². The Balaban J connectivity index is 2.06. The van der Waals surface area contributed by atoms with E-state index in [-0.39, 0.29) is 5.54 Å². The van der Waals surface area contributed by atoms with Gasteiger partial charge in [0, 0.05) is 22.6 Å². The zero-order valence-electron chi connectivity index (χ0n) is 11.1. The molecular formula is C15H15BrN4. The number of aliphatic imine (C=N–C) groups is 1. The Kier molecular flexibility index (Phi) is 3.22. The van der Waals surface area contributed by atoms with Crippen molar-refractivity contribution in [3.63, 3.8) is 0 Å². The normalized spacial score (nSPS) is 21.9. The summed E-state index contributed by atoms with van der Waals surface area (Å²) in [6.07, 6.45) is 3.60. The first-order valence-corrected chi connectivity index (χ1v) is 7.17. The summed E-state index contributed by atoms with van der Waals surface area (Å²) in [5.74, 6) is 0.548. The number of rotatable bonds is 2. The highest BCUT2D eigenvalue weighted by Crippen LogP contribution is 2.36. The van der Waals surface area contributed by atoms with Crippen LogP contribution >= 0.6 is 15.9 Å². The van der Waals surface area contributed by atoms with Gasteiger partial charge in [-0.3, -0.25) is 9.98 Å². The number of aromatic nitrogens is 1. The standard InChI is InChI=1S/C15H15BrN4/c1-15(11-6-8-18-9-7-11)10-19-14(17)20(15)13-4-2-12(16)3-5-13/h2-9H,10H2,1H3,(H2,17,19). The van der Waals surface area contributed by atoms with E-state index in [0.29, 0.717) is 12.5 Å². The summed E-state index contributed by atoms with van der Waals surface area (Å²) in [4.78, 5) is 10.6. The number of halogens is 1. The zero-order chi connectivity index (χ0) is 14.2. The number of hydrogen-bond acceptors (Lipinski definition) is 4. The van der Waals surface area contributed by atoms with E-state index >= 15 is 0 Å². The lowest BCUT2D eigenvalue weighted by molar-refractivity contribution is 0.532. The molecule has 0 spiro atoms. The van der Waals surface area contributed by atoms with Crippen LogP contribution in [0.3, 0.4) is 0 Å². The molecule has 2 heterocycles. The largest absolute Gasteiger partial charge is 0.369 e. The van der Waals surface area contributed by atoms with E-state index in [0.717, 1.165) is 15.7 Å². The lowest BCUT2D eigenvalue weighted by Gasteiger charge is -2.36. The molecule has 1 atom stereocenters. The molecule has 5 heteroatoms. The van der Waals surface area contributed by atoms with Crippen molar-refractivity contribution in [2.75, 3.05) is 11.4 Å². The van der Waals surface area contributed by atoms with Crippen molar-refractivity contribution in [2.45, 2.75) is 12.5 Å². The molecule has 0 fully saturated rings. The van der Waals surface area contributed by atoms with Crippen LogP contribution in [0.5, 0.6) is 0 Å². The van der Waals surface area contributed by atoms with Crippen molar-refractivity contribution in [2.24, 2.45) is 10.7 Å². The van der Waals surface area contributed by atoms with Gasteiger partial charge in [0.05, 0.1) is 12.1 Å². The molecule has 0 bridgehead atoms. The summed E-state index contributed by atoms with van der Waals surface area (Å²) >= 11 is 3.45. The maximum Gasteiger partial charge on any atom is 0.196 e. The minimum Gasteiger partial charge on any atom is -0.369 e. The molecule has 0 radical (unpaired) electrons. The van der Waals surface area contributed by atoms with Gasteiger partial charge >= 0.3 is 0 Å². The predicted molar refractivity (Wildman–Crippen MR) is 84.7 cm³/mol. The fourth-order valence-electron chi connectivity index (χ4n) is 2.57. The highest BCUT2D eigenvalue weighted by Gasteiger charge is 2.40. The van der Waals surface area contributed by atoms with Crippen LogP contribution in [-0.2, 0) is 5.54 Å². The highest BCUT2D eigenvalue weighted by atomic mass is 79.9. The molecule has 2 N–H and O–H groups in total. The molecule has 20 heavy (non-hydrogen) atoms. The number of nitrogens with zero attached hydrogens (tertiary/aromatic N) is 3. The third-order valence-corrected chi connectivity index (χ3v) is 4.19. The molecule has 1 aromatic carbocycles. The molecule has 0 saturated carbocycles. The van der Waals surface area contributed by atoms with Gasteiger partial charge in [-0.25, -0.2) is 0 Å². The van der Waals surface area contributed by atoms with Crippen LogP contribution in [-0.4, -0.2) is 17.5 Å². The van der Waals surface area contributed by atoms with Crippen molar-refractivity contribution in [3.8, 4) is 0 Å². The quantitative estimate of drug-likeness (QED) is 0.921. The van der Waals surface area contributed by atoms with Gasteiger partial charge in [-0.1, -0.05) is 15.9 Å². The monoisotopic (exact) mass is 330 g/mol. The smallest absolute Gasteiger partial charge is 0.196 e. The molecular weight excluding hydrogens is 316 g/mol. The molecule has 0 amide bonds. The maximum absolute atomic E-state index is 6.11. The molecule has 2 aromatic rings. The first kappa shape index (κ1) is 13.1.